The molecule has 1 N–H and O–H groups in total. The number of morpholine rings is 1. The molecule has 8 heteroatoms. The van der Waals surface area contributed by atoms with Gasteiger partial charge in [0.2, 0.25) is 11.8 Å². The van der Waals surface area contributed by atoms with Crippen LogP contribution in [0, 0.1) is 0 Å². The number of carbonyl (C=O) groups excluding carboxylic acids is 2. The Morgan fingerprint density at radius 2 is 1.79 bits per heavy atom. The quantitative estimate of drug-likeness (QED) is 0.506. The number of ether oxygens (including phenoxy) is 1. The molecule has 0 bridgehead atoms. The maximum Gasteiger partial charge on any atom is 0.242 e. The molecule has 1 saturated heterocycles. The second-order valence-electron chi connectivity index (χ2n) is 8.35. The number of nitrogens with one attached hydrogen (secondary N) is 1. The van der Waals surface area contributed by atoms with Crippen LogP contribution in [0.3, 0.4) is 0 Å². The van der Waals surface area contributed by atoms with Gasteiger partial charge in [0.15, 0.2) is 0 Å². The molecule has 1 aliphatic rings. The number of para-hydroxylation sites is 1. The lowest BCUT2D eigenvalue weighted by molar-refractivity contribution is -0.143. The van der Waals surface area contributed by atoms with Crippen LogP contribution in [0.1, 0.15) is 19.4 Å². The molecule has 2 aromatic carbocycles. The number of hydrogen-bond donors (Lipinski definition) is 1. The number of hydrogen-bond acceptors (Lipinski definition) is 4. The number of benzene rings is 2. The Kier molecular flexibility index (Phi) is 7.63. The smallest absolute Gasteiger partial charge is 0.242 e. The molecule has 33 heavy (non-hydrogen) atoms. The minimum absolute atomic E-state index is 0.0366. The Morgan fingerprint density at radius 1 is 1.09 bits per heavy atom. The van der Waals surface area contributed by atoms with Crippen molar-refractivity contribution in [2.75, 3.05) is 18.8 Å². The van der Waals surface area contributed by atoms with Crippen molar-refractivity contribution in [2.24, 2.45) is 0 Å². The van der Waals surface area contributed by atoms with Gasteiger partial charge in [-0.25, -0.2) is 0 Å². The second-order valence-corrected chi connectivity index (χ2v) is 9.78. The third-order valence-electron chi connectivity index (χ3n) is 5.62. The van der Waals surface area contributed by atoms with E-state index in [4.69, 9.17) is 16.3 Å². The highest BCUT2D eigenvalue weighted by Crippen LogP contribution is 2.30. The number of thioether (sulfide) groups is 1. The molecule has 1 aromatic heterocycles. The summed E-state index contributed by atoms with van der Waals surface area (Å²) in [5.41, 5.74) is 1.87. The van der Waals surface area contributed by atoms with Gasteiger partial charge in [-0.1, -0.05) is 48.0 Å². The van der Waals surface area contributed by atoms with Gasteiger partial charge in [-0.15, -0.1) is 11.8 Å². The first-order valence-electron chi connectivity index (χ1n) is 11.0. The van der Waals surface area contributed by atoms with E-state index in [1.165, 1.54) is 11.8 Å². The normalized spacial score (nSPS) is 18.5. The molecule has 0 saturated carbocycles. The van der Waals surface area contributed by atoms with Gasteiger partial charge in [0.1, 0.15) is 6.54 Å². The SMILES string of the molecule is C[C@H]1CN(C(=O)Cn2cc(SCC(=O)NCc3ccccc3Cl)c3ccccc32)C[C@H](C)O1. The molecule has 0 unspecified atom stereocenters. The minimum Gasteiger partial charge on any atom is -0.372 e. The summed E-state index contributed by atoms with van der Waals surface area (Å²) in [5, 5.41) is 4.61. The molecule has 174 valence electrons. The second kappa shape index (κ2) is 10.6. The van der Waals surface area contributed by atoms with Gasteiger partial charge in [0.25, 0.3) is 0 Å². The van der Waals surface area contributed by atoms with Gasteiger partial charge in [0.05, 0.1) is 18.0 Å². The van der Waals surface area contributed by atoms with Gasteiger partial charge in [0, 0.05) is 46.7 Å². The number of rotatable bonds is 7. The zero-order chi connectivity index (χ0) is 23.4. The maximum absolute atomic E-state index is 13.0. The van der Waals surface area contributed by atoms with Crippen LogP contribution < -0.4 is 5.32 Å². The van der Waals surface area contributed by atoms with Gasteiger partial charge >= 0.3 is 0 Å². The van der Waals surface area contributed by atoms with Crippen molar-refractivity contribution in [1.82, 2.24) is 14.8 Å². The molecule has 2 heterocycles. The number of halogens is 1. The van der Waals surface area contributed by atoms with Crippen LogP contribution in [-0.2, 0) is 27.4 Å². The summed E-state index contributed by atoms with van der Waals surface area (Å²) in [6, 6.07) is 15.4. The summed E-state index contributed by atoms with van der Waals surface area (Å²) in [4.78, 5) is 28.3. The Hall–Kier alpha value is -2.48. The summed E-state index contributed by atoms with van der Waals surface area (Å²) in [7, 11) is 0. The van der Waals surface area contributed by atoms with Crippen molar-refractivity contribution < 1.29 is 14.3 Å². The maximum atomic E-state index is 13.0. The Balaban J connectivity index is 1.41. The number of aromatic nitrogens is 1. The third kappa shape index (κ3) is 5.91. The van der Waals surface area contributed by atoms with Crippen molar-refractivity contribution >= 4 is 46.1 Å². The van der Waals surface area contributed by atoms with Crippen molar-refractivity contribution in [2.45, 2.75) is 44.0 Å². The molecule has 4 rings (SSSR count). The van der Waals surface area contributed by atoms with E-state index in [-0.39, 0.29) is 36.3 Å². The van der Waals surface area contributed by atoms with Crippen LogP contribution in [0.15, 0.2) is 59.6 Å². The van der Waals surface area contributed by atoms with Gasteiger partial charge in [-0.2, -0.15) is 0 Å². The average Bonchev–Trinajstić information content (AvgIpc) is 3.14. The highest BCUT2D eigenvalue weighted by atomic mass is 35.5. The van der Waals surface area contributed by atoms with Crippen molar-refractivity contribution in [3.63, 3.8) is 0 Å². The number of nitrogens with zero attached hydrogens (tertiary/aromatic N) is 2. The molecule has 2 amide bonds. The third-order valence-corrected chi connectivity index (χ3v) is 7.03. The Morgan fingerprint density at radius 3 is 2.55 bits per heavy atom. The van der Waals surface area contributed by atoms with E-state index in [9.17, 15) is 9.59 Å². The zero-order valence-electron chi connectivity index (χ0n) is 18.8. The summed E-state index contributed by atoms with van der Waals surface area (Å²) in [5.74, 6) is 0.293. The lowest BCUT2D eigenvalue weighted by Gasteiger charge is -2.35. The molecule has 0 spiro atoms. The predicted octanol–water partition coefficient (Wildman–Crippen LogP) is 4.34. The van der Waals surface area contributed by atoms with Gasteiger partial charge < -0.3 is 19.5 Å². The monoisotopic (exact) mass is 485 g/mol. The van der Waals surface area contributed by atoms with Crippen molar-refractivity contribution in [3.8, 4) is 0 Å². The fourth-order valence-electron chi connectivity index (χ4n) is 4.12. The molecule has 3 aromatic rings. The van der Waals surface area contributed by atoms with E-state index in [1.807, 2.05) is 78.0 Å². The lowest BCUT2D eigenvalue weighted by atomic mass is 10.2. The van der Waals surface area contributed by atoms with Crippen LogP contribution >= 0.6 is 23.4 Å². The molecular formula is C25H28ClN3O3S. The first-order chi connectivity index (χ1) is 15.9. The van der Waals surface area contributed by atoms with E-state index >= 15 is 0 Å². The highest BCUT2D eigenvalue weighted by Gasteiger charge is 2.26. The Labute approximate surface area is 203 Å². The fourth-order valence-corrected chi connectivity index (χ4v) is 5.24. The van der Waals surface area contributed by atoms with Crippen molar-refractivity contribution in [3.05, 3.63) is 65.3 Å². The largest absolute Gasteiger partial charge is 0.372 e. The minimum atomic E-state index is -0.0656. The first-order valence-corrected chi connectivity index (χ1v) is 12.4. The van der Waals surface area contributed by atoms with E-state index in [0.29, 0.717) is 24.7 Å². The summed E-state index contributed by atoms with van der Waals surface area (Å²) < 4.78 is 7.73. The lowest BCUT2D eigenvalue weighted by Crippen LogP contribution is -2.49. The fraction of sp³-hybridized carbons (Fsp3) is 0.360. The van der Waals surface area contributed by atoms with Gasteiger partial charge in [-0.05, 0) is 31.5 Å². The Bertz CT molecular complexity index is 1140. The topological polar surface area (TPSA) is 63.6 Å². The molecule has 0 aliphatic carbocycles. The average molecular weight is 486 g/mol. The first kappa shape index (κ1) is 23.7. The van der Waals surface area contributed by atoms with E-state index in [1.54, 1.807) is 0 Å². The summed E-state index contributed by atoms with van der Waals surface area (Å²) in [6.07, 6.45) is 2.05. The molecule has 0 radical (unpaired) electrons. The number of amides is 2. The van der Waals surface area contributed by atoms with E-state index < -0.39 is 0 Å². The molecule has 6 nitrogen and oxygen atoms in total. The molecular weight excluding hydrogens is 458 g/mol. The van der Waals surface area contributed by atoms with Crippen LogP contribution in [0.2, 0.25) is 5.02 Å². The molecule has 2 atom stereocenters. The number of carbonyl (C=O) groups is 2. The molecule has 1 aliphatic heterocycles. The number of fused-ring (bicyclic) bond motifs is 1. The van der Waals surface area contributed by atoms with Crippen LogP contribution in [-0.4, -0.2) is 52.3 Å². The van der Waals surface area contributed by atoms with Crippen LogP contribution in [0.25, 0.3) is 10.9 Å². The molecule has 1 fully saturated rings. The summed E-state index contributed by atoms with van der Waals surface area (Å²) in [6.45, 7) is 5.86. The predicted molar refractivity (Wildman–Crippen MR) is 133 cm³/mol. The van der Waals surface area contributed by atoms with Crippen LogP contribution in [0.5, 0.6) is 0 Å². The highest BCUT2D eigenvalue weighted by molar-refractivity contribution is 8.00. The summed E-state index contributed by atoms with van der Waals surface area (Å²) >= 11 is 7.64. The van der Waals surface area contributed by atoms with Crippen molar-refractivity contribution in [1.29, 1.82) is 0 Å². The van der Waals surface area contributed by atoms with E-state index in [2.05, 4.69) is 5.32 Å². The zero-order valence-corrected chi connectivity index (χ0v) is 20.4. The standard InChI is InChI=1S/C25H28ClN3O3S/c1-17-12-29(13-18(2)32-17)25(31)15-28-14-23(20-8-4-6-10-22(20)28)33-16-24(30)27-11-19-7-3-5-9-21(19)26/h3-10,14,17-18H,11-13,15-16H2,1-2H3,(H,27,30)/t17-,18-/m0/s1. The van der Waals surface area contributed by atoms with E-state index in [0.717, 1.165) is 21.4 Å². The van der Waals surface area contributed by atoms with Crippen LogP contribution in [0.4, 0.5) is 0 Å². The van der Waals surface area contributed by atoms with Gasteiger partial charge in [-0.3, -0.25) is 9.59 Å².